The number of nitrogens with one attached hydrogen (secondary N) is 1. The van der Waals surface area contributed by atoms with Gasteiger partial charge in [-0.15, -0.1) is 0 Å². The van der Waals surface area contributed by atoms with Crippen molar-refractivity contribution in [3.8, 4) is 0 Å². The molecular weight excluding hydrogens is 248 g/mol. The molecule has 3 unspecified atom stereocenters. The Hall–Kier alpha value is -1.06. The van der Waals surface area contributed by atoms with E-state index in [0.29, 0.717) is 12.0 Å². The van der Waals surface area contributed by atoms with Gasteiger partial charge in [-0.05, 0) is 50.3 Å². The summed E-state index contributed by atoms with van der Waals surface area (Å²) in [4.78, 5) is 2.16. The van der Waals surface area contributed by atoms with E-state index in [1.807, 2.05) is 0 Å². The number of hydrogen-bond acceptors (Lipinski definition) is 3. The number of nitrogens with zero attached hydrogens (tertiary/aromatic N) is 1. The van der Waals surface area contributed by atoms with Gasteiger partial charge >= 0.3 is 0 Å². The molecule has 112 valence electrons. The van der Waals surface area contributed by atoms with Crippen molar-refractivity contribution in [1.82, 2.24) is 5.32 Å². The maximum atomic E-state index is 9.74. The molecule has 20 heavy (non-hydrogen) atoms. The Balaban J connectivity index is 1.93. The zero-order chi connectivity index (χ0) is 14.5. The lowest BCUT2D eigenvalue weighted by molar-refractivity contribution is 0.0998. The topological polar surface area (TPSA) is 35.5 Å². The lowest BCUT2D eigenvalue weighted by Gasteiger charge is -2.28. The second-order valence-electron chi connectivity index (χ2n) is 6.27. The maximum absolute atomic E-state index is 9.74. The third-order valence-corrected chi connectivity index (χ3v) is 4.35. The van der Waals surface area contributed by atoms with Crippen molar-refractivity contribution < 1.29 is 5.11 Å². The second-order valence-corrected chi connectivity index (χ2v) is 6.27. The quantitative estimate of drug-likeness (QED) is 0.868. The van der Waals surface area contributed by atoms with Gasteiger partial charge in [-0.3, -0.25) is 0 Å². The van der Waals surface area contributed by atoms with Crippen LogP contribution in [0.1, 0.15) is 44.2 Å². The summed E-state index contributed by atoms with van der Waals surface area (Å²) >= 11 is 0. The van der Waals surface area contributed by atoms with Crippen LogP contribution in [0.15, 0.2) is 24.3 Å². The molecule has 0 saturated heterocycles. The fourth-order valence-electron chi connectivity index (χ4n) is 3.16. The SMILES string of the molecule is CC(NCC1CCCC(O)C1)c1ccccc1N(C)C. The molecule has 0 amide bonds. The summed E-state index contributed by atoms with van der Waals surface area (Å²) in [6.45, 7) is 3.22. The Morgan fingerprint density at radius 3 is 2.75 bits per heavy atom. The molecule has 3 heteroatoms. The van der Waals surface area contributed by atoms with Crippen molar-refractivity contribution in [2.45, 2.75) is 44.8 Å². The first-order valence-electron chi connectivity index (χ1n) is 7.75. The standard InChI is InChI=1S/C17H28N2O/c1-13(16-9-4-5-10-17(16)19(2)3)18-12-14-7-6-8-15(20)11-14/h4-5,9-10,13-15,18,20H,6-8,11-12H2,1-3H3. The Kier molecular flexibility index (Phi) is 5.44. The molecule has 1 fully saturated rings. The molecule has 0 spiro atoms. The lowest BCUT2D eigenvalue weighted by atomic mass is 9.87. The van der Waals surface area contributed by atoms with Crippen molar-refractivity contribution >= 4 is 5.69 Å². The predicted octanol–water partition coefficient (Wildman–Crippen LogP) is 2.95. The number of anilines is 1. The number of para-hydroxylation sites is 1. The van der Waals surface area contributed by atoms with Crippen molar-refractivity contribution in [3.63, 3.8) is 0 Å². The third kappa shape index (κ3) is 3.97. The van der Waals surface area contributed by atoms with Gasteiger partial charge in [-0.2, -0.15) is 0 Å². The van der Waals surface area contributed by atoms with Gasteiger partial charge in [0.15, 0.2) is 0 Å². The normalized spacial score (nSPS) is 24.4. The molecule has 1 aromatic rings. The van der Waals surface area contributed by atoms with Crippen LogP contribution in [0.3, 0.4) is 0 Å². The van der Waals surface area contributed by atoms with Crippen LogP contribution in [0.2, 0.25) is 0 Å². The van der Waals surface area contributed by atoms with E-state index in [0.717, 1.165) is 25.8 Å². The smallest absolute Gasteiger partial charge is 0.0543 e. The lowest BCUT2D eigenvalue weighted by Crippen LogP contribution is -2.31. The van der Waals surface area contributed by atoms with Gasteiger partial charge in [0, 0.05) is 25.8 Å². The van der Waals surface area contributed by atoms with Crippen molar-refractivity contribution in [2.24, 2.45) is 5.92 Å². The molecule has 3 atom stereocenters. The van der Waals surface area contributed by atoms with Crippen LogP contribution in [0.5, 0.6) is 0 Å². The van der Waals surface area contributed by atoms with Gasteiger partial charge in [0.1, 0.15) is 0 Å². The van der Waals surface area contributed by atoms with Gasteiger partial charge in [-0.1, -0.05) is 24.6 Å². The number of hydrogen-bond donors (Lipinski definition) is 2. The molecule has 0 aliphatic heterocycles. The van der Waals surface area contributed by atoms with Gasteiger partial charge < -0.3 is 15.3 Å². The molecular formula is C17H28N2O. The number of aliphatic hydroxyl groups excluding tert-OH is 1. The van der Waals surface area contributed by atoms with E-state index >= 15 is 0 Å². The first-order chi connectivity index (χ1) is 9.58. The van der Waals surface area contributed by atoms with Gasteiger partial charge in [-0.25, -0.2) is 0 Å². The Morgan fingerprint density at radius 1 is 1.30 bits per heavy atom. The Labute approximate surface area is 123 Å². The maximum Gasteiger partial charge on any atom is 0.0543 e. The highest BCUT2D eigenvalue weighted by Gasteiger charge is 2.21. The summed E-state index contributed by atoms with van der Waals surface area (Å²) in [6.07, 6.45) is 4.26. The Morgan fingerprint density at radius 2 is 2.05 bits per heavy atom. The molecule has 0 radical (unpaired) electrons. The highest BCUT2D eigenvalue weighted by atomic mass is 16.3. The molecule has 1 aromatic carbocycles. The number of benzene rings is 1. The molecule has 0 aromatic heterocycles. The zero-order valence-corrected chi connectivity index (χ0v) is 13.0. The molecule has 0 heterocycles. The molecule has 2 rings (SSSR count). The highest BCUT2D eigenvalue weighted by Crippen LogP contribution is 2.27. The first kappa shape index (κ1) is 15.3. The third-order valence-electron chi connectivity index (χ3n) is 4.35. The van der Waals surface area contributed by atoms with Crippen molar-refractivity contribution in [3.05, 3.63) is 29.8 Å². The first-order valence-corrected chi connectivity index (χ1v) is 7.75. The average Bonchev–Trinajstić information content (AvgIpc) is 2.45. The van der Waals surface area contributed by atoms with E-state index in [1.165, 1.54) is 17.7 Å². The van der Waals surface area contributed by atoms with Gasteiger partial charge in [0.05, 0.1) is 6.10 Å². The summed E-state index contributed by atoms with van der Waals surface area (Å²) in [5.41, 5.74) is 2.62. The van der Waals surface area contributed by atoms with Crippen LogP contribution in [0, 0.1) is 5.92 Å². The summed E-state index contributed by atoms with van der Waals surface area (Å²) < 4.78 is 0. The van der Waals surface area contributed by atoms with E-state index in [2.05, 4.69) is 55.5 Å². The van der Waals surface area contributed by atoms with Crippen molar-refractivity contribution in [1.29, 1.82) is 0 Å². The summed E-state index contributed by atoms with van der Waals surface area (Å²) in [5, 5.41) is 13.4. The van der Waals surface area contributed by atoms with Crippen LogP contribution in [-0.4, -0.2) is 31.9 Å². The molecule has 2 N–H and O–H groups in total. The molecule has 0 bridgehead atoms. The van der Waals surface area contributed by atoms with Crippen LogP contribution in [0.4, 0.5) is 5.69 Å². The van der Waals surface area contributed by atoms with E-state index in [9.17, 15) is 5.11 Å². The zero-order valence-electron chi connectivity index (χ0n) is 13.0. The second kappa shape index (κ2) is 7.09. The minimum atomic E-state index is -0.0834. The summed E-state index contributed by atoms with van der Waals surface area (Å²) in [6, 6.07) is 8.89. The predicted molar refractivity (Wildman–Crippen MR) is 85.2 cm³/mol. The minimum absolute atomic E-state index is 0.0834. The average molecular weight is 276 g/mol. The van der Waals surface area contributed by atoms with Crippen molar-refractivity contribution in [2.75, 3.05) is 25.5 Å². The van der Waals surface area contributed by atoms with E-state index in [1.54, 1.807) is 0 Å². The van der Waals surface area contributed by atoms with E-state index < -0.39 is 0 Å². The van der Waals surface area contributed by atoms with E-state index in [4.69, 9.17) is 0 Å². The fourth-order valence-corrected chi connectivity index (χ4v) is 3.16. The summed E-state index contributed by atoms with van der Waals surface area (Å²) in [7, 11) is 4.17. The van der Waals surface area contributed by atoms with Crippen LogP contribution >= 0.6 is 0 Å². The van der Waals surface area contributed by atoms with Crippen LogP contribution in [0.25, 0.3) is 0 Å². The Bertz CT molecular complexity index is 419. The number of aliphatic hydroxyl groups is 1. The van der Waals surface area contributed by atoms with Gasteiger partial charge in [0.25, 0.3) is 0 Å². The monoisotopic (exact) mass is 276 g/mol. The van der Waals surface area contributed by atoms with E-state index in [-0.39, 0.29) is 6.10 Å². The number of rotatable bonds is 5. The van der Waals surface area contributed by atoms with Gasteiger partial charge in [0.2, 0.25) is 0 Å². The highest BCUT2D eigenvalue weighted by molar-refractivity contribution is 5.53. The van der Waals surface area contributed by atoms with Crippen LogP contribution < -0.4 is 10.2 Å². The molecule has 3 nitrogen and oxygen atoms in total. The fraction of sp³-hybridized carbons (Fsp3) is 0.647. The summed E-state index contributed by atoms with van der Waals surface area (Å²) in [5.74, 6) is 0.618. The molecule has 1 saturated carbocycles. The molecule has 1 aliphatic rings. The molecule has 1 aliphatic carbocycles. The largest absolute Gasteiger partial charge is 0.393 e. The minimum Gasteiger partial charge on any atom is -0.393 e. The van der Waals surface area contributed by atoms with Crippen LogP contribution in [-0.2, 0) is 0 Å².